The lowest BCUT2D eigenvalue weighted by atomic mass is 10.1. The SMILES string of the molecule is O=C1CCc2c1cc(F)c(F)c2F. The van der Waals surface area contributed by atoms with Gasteiger partial charge in [0.05, 0.1) is 0 Å². The van der Waals surface area contributed by atoms with E-state index in [0.29, 0.717) is 0 Å². The van der Waals surface area contributed by atoms with Crippen molar-refractivity contribution in [2.45, 2.75) is 12.8 Å². The minimum atomic E-state index is -1.49. The van der Waals surface area contributed by atoms with Crippen LogP contribution >= 0.6 is 0 Å². The van der Waals surface area contributed by atoms with Crippen LogP contribution in [-0.4, -0.2) is 5.78 Å². The zero-order chi connectivity index (χ0) is 9.59. The van der Waals surface area contributed by atoms with E-state index >= 15 is 0 Å². The second-order valence-corrected chi connectivity index (χ2v) is 2.94. The summed E-state index contributed by atoms with van der Waals surface area (Å²) in [5.41, 5.74) is -0.0136. The van der Waals surface area contributed by atoms with Crippen molar-refractivity contribution < 1.29 is 18.0 Å². The van der Waals surface area contributed by atoms with Gasteiger partial charge in [-0.2, -0.15) is 0 Å². The van der Waals surface area contributed by atoms with Crippen molar-refractivity contribution in [3.8, 4) is 0 Å². The first kappa shape index (κ1) is 8.29. The highest BCUT2D eigenvalue weighted by molar-refractivity contribution is 6.00. The lowest BCUT2D eigenvalue weighted by Gasteiger charge is -2.01. The van der Waals surface area contributed by atoms with Crippen molar-refractivity contribution >= 4 is 5.78 Å². The summed E-state index contributed by atoms with van der Waals surface area (Å²) in [6.07, 6.45) is 0.298. The van der Waals surface area contributed by atoms with Crippen LogP contribution in [0.25, 0.3) is 0 Å². The molecule has 0 N–H and O–H groups in total. The van der Waals surface area contributed by atoms with Crippen molar-refractivity contribution in [3.63, 3.8) is 0 Å². The number of fused-ring (bicyclic) bond motifs is 1. The Kier molecular flexibility index (Phi) is 1.65. The number of Topliss-reactive ketones (excluding diaryl/α,β-unsaturated/α-hetero) is 1. The van der Waals surface area contributed by atoms with Crippen molar-refractivity contribution in [1.29, 1.82) is 0 Å². The molecule has 0 radical (unpaired) electrons. The third-order valence-corrected chi connectivity index (χ3v) is 2.17. The molecule has 2 rings (SSSR count). The maximum absolute atomic E-state index is 13.0. The Morgan fingerprint density at radius 3 is 2.46 bits per heavy atom. The van der Waals surface area contributed by atoms with E-state index in [9.17, 15) is 18.0 Å². The molecule has 0 saturated carbocycles. The maximum atomic E-state index is 13.0. The van der Waals surface area contributed by atoms with Crippen LogP contribution in [0.3, 0.4) is 0 Å². The summed E-state index contributed by atoms with van der Waals surface area (Å²) < 4.78 is 38.3. The van der Waals surface area contributed by atoms with Gasteiger partial charge in [0.15, 0.2) is 23.2 Å². The zero-order valence-corrected chi connectivity index (χ0v) is 6.53. The largest absolute Gasteiger partial charge is 0.294 e. The molecule has 0 heterocycles. The summed E-state index contributed by atoms with van der Waals surface area (Å²) in [5.74, 6) is -4.34. The Hall–Kier alpha value is -1.32. The van der Waals surface area contributed by atoms with Crippen LogP contribution in [-0.2, 0) is 6.42 Å². The van der Waals surface area contributed by atoms with E-state index in [0.717, 1.165) is 6.07 Å². The molecular weight excluding hydrogens is 181 g/mol. The maximum Gasteiger partial charge on any atom is 0.194 e. The summed E-state index contributed by atoms with van der Waals surface area (Å²) in [5, 5.41) is 0. The van der Waals surface area contributed by atoms with Crippen molar-refractivity contribution in [2.75, 3.05) is 0 Å². The first-order valence-corrected chi connectivity index (χ1v) is 3.81. The van der Waals surface area contributed by atoms with Gasteiger partial charge in [0, 0.05) is 17.5 Å². The van der Waals surface area contributed by atoms with Gasteiger partial charge in [-0.1, -0.05) is 0 Å². The first-order chi connectivity index (χ1) is 6.11. The molecule has 13 heavy (non-hydrogen) atoms. The number of benzene rings is 1. The molecule has 0 bridgehead atoms. The molecule has 1 aliphatic carbocycles. The van der Waals surface area contributed by atoms with Gasteiger partial charge in [0.25, 0.3) is 0 Å². The first-order valence-electron chi connectivity index (χ1n) is 3.81. The number of ketones is 1. The van der Waals surface area contributed by atoms with Crippen molar-refractivity contribution in [3.05, 3.63) is 34.6 Å². The Balaban J connectivity index is 2.74. The molecule has 1 aromatic carbocycles. The van der Waals surface area contributed by atoms with Gasteiger partial charge in [-0.3, -0.25) is 4.79 Å². The molecule has 1 aromatic rings. The highest BCUT2D eigenvalue weighted by Crippen LogP contribution is 2.27. The summed E-state index contributed by atoms with van der Waals surface area (Å²) in [6, 6.07) is 0.767. The van der Waals surface area contributed by atoms with Gasteiger partial charge < -0.3 is 0 Å². The molecule has 0 amide bonds. The fourth-order valence-electron chi connectivity index (χ4n) is 1.50. The van der Waals surface area contributed by atoms with E-state index in [4.69, 9.17) is 0 Å². The summed E-state index contributed by atoms with van der Waals surface area (Å²) in [7, 11) is 0. The number of hydrogen-bond donors (Lipinski definition) is 0. The van der Waals surface area contributed by atoms with Crippen LogP contribution < -0.4 is 0 Å². The minimum absolute atomic E-state index is 0.00361. The molecule has 1 aliphatic rings. The Bertz CT molecular complexity index is 398. The smallest absolute Gasteiger partial charge is 0.194 e. The molecule has 0 saturated heterocycles. The van der Waals surface area contributed by atoms with Crippen LogP contribution in [0.1, 0.15) is 22.3 Å². The second-order valence-electron chi connectivity index (χ2n) is 2.94. The van der Waals surface area contributed by atoms with Crippen molar-refractivity contribution in [2.24, 2.45) is 0 Å². The quantitative estimate of drug-likeness (QED) is 0.568. The van der Waals surface area contributed by atoms with Gasteiger partial charge in [-0.05, 0) is 12.5 Å². The molecular formula is C9H5F3O. The molecule has 0 atom stereocenters. The van der Waals surface area contributed by atoms with Gasteiger partial charge >= 0.3 is 0 Å². The molecule has 0 unspecified atom stereocenters. The zero-order valence-electron chi connectivity index (χ0n) is 6.53. The van der Waals surface area contributed by atoms with E-state index in [1.807, 2.05) is 0 Å². The number of rotatable bonds is 0. The minimum Gasteiger partial charge on any atom is -0.294 e. The van der Waals surface area contributed by atoms with E-state index in [2.05, 4.69) is 0 Å². The topological polar surface area (TPSA) is 17.1 Å². The number of carbonyl (C=O) groups excluding carboxylic acids is 1. The lowest BCUT2D eigenvalue weighted by Crippen LogP contribution is -1.99. The third-order valence-electron chi connectivity index (χ3n) is 2.17. The highest BCUT2D eigenvalue weighted by Gasteiger charge is 2.27. The fraction of sp³-hybridized carbons (Fsp3) is 0.222. The molecule has 0 aliphatic heterocycles. The van der Waals surface area contributed by atoms with Crippen LogP contribution in [0.5, 0.6) is 0 Å². The summed E-state index contributed by atoms with van der Waals surface area (Å²) in [4.78, 5) is 11.0. The summed E-state index contributed by atoms with van der Waals surface area (Å²) >= 11 is 0. The van der Waals surface area contributed by atoms with Gasteiger partial charge in [0.1, 0.15) is 0 Å². The molecule has 68 valence electrons. The average molecular weight is 186 g/mol. The second kappa shape index (κ2) is 2.58. The van der Waals surface area contributed by atoms with Gasteiger partial charge in [0.2, 0.25) is 0 Å². The molecule has 4 heteroatoms. The third kappa shape index (κ3) is 1.05. The number of hydrogen-bond acceptors (Lipinski definition) is 1. The predicted octanol–water partition coefficient (Wildman–Crippen LogP) is 2.23. The van der Waals surface area contributed by atoms with Crippen LogP contribution in [0.2, 0.25) is 0 Å². The molecule has 0 fully saturated rings. The van der Waals surface area contributed by atoms with Gasteiger partial charge in [-0.15, -0.1) is 0 Å². The van der Waals surface area contributed by atoms with Gasteiger partial charge in [-0.25, -0.2) is 13.2 Å². The Morgan fingerprint density at radius 1 is 1.08 bits per heavy atom. The average Bonchev–Trinajstić information content (AvgIpc) is 2.45. The van der Waals surface area contributed by atoms with E-state index in [1.165, 1.54) is 0 Å². The van der Waals surface area contributed by atoms with Crippen LogP contribution in [0.4, 0.5) is 13.2 Å². The Morgan fingerprint density at radius 2 is 1.77 bits per heavy atom. The fourth-order valence-corrected chi connectivity index (χ4v) is 1.50. The summed E-state index contributed by atoms with van der Waals surface area (Å²) in [6.45, 7) is 0. The van der Waals surface area contributed by atoms with Crippen LogP contribution in [0, 0.1) is 17.5 Å². The molecule has 1 nitrogen and oxygen atoms in total. The van der Waals surface area contributed by atoms with Crippen LogP contribution in [0.15, 0.2) is 6.07 Å². The standard InChI is InChI=1S/C9H5F3O/c10-6-3-5-4(1-2-7(5)13)8(11)9(6)12/h3H,1-2H2. The molecule has 0 aromatic heterocycles. The highest BCUT2D eigenvalue weighted by atomic mass is 19.2. The monoisotopic (exact) mass is 186 g/mol. The number of halogens is 3. The number of carbonyl (C=O) groups is 1. The van der Waals surface area contributed by atoms with E-state index in [-0.39, 0.29) is 29.8 Å². The molecule has 0 spiro atoms. The predicted molar refractivity (Wildman–Crippen MR) is 39.0 cm³/mol. The normalized spacial score (nSPS) is 14.8. The Labute approximate surface area is 72.2 Å². The van der Waals surface area contributed by atoms with Crippen molar-refractivity contribution in [1.82, 2.24) is 0 Å². The van der Waals surface area contributed by atoms with E-state index in [1.54, 1.807) is 0 Å². The lowest BCUT2D eigenvalue weighted by molar-refractivity contribution is 0.0994. The van der Waals surface area contributed by atoms with E-state index < -0.39 is 17.5 Å².